The molecule has 0 heterocycles. The molecule has 0 aliphatic heterocycles. The highest BCUT2D eigenvalue weighted by atomic mass is 16.6. The molecule has 2 aromatic rings. The van der Waals surface area contributed by atoms with Gasteiger partial charge in [-0.3, -0.25) is 19.7 Å². The molecule has 0 aliphatic carbocycles. The molecule has 0 aliphatic rings. The standard InChI is InChI=1S/C21H25N3O7/c1-6-23(7-2)21(26)13-9-8-10-14(11-13)22-20(25)15-12-16(29-3)18(30-4)19(31-5)17(15)24(27)28/h8-12H,6-7H2,1-5H3,(H,22,25). The van der Waals surface area contributed by atoms with Crippen molar-refractivity contribution in [1.82, 2.24) is 4.90 Å². The maximum atomic E-state index is 12.9. The predicted octanol–water partition coefficient (Wildman–Crippen LogP) is 3.35. The molecular weight excluding hydrogens is 406 g/mol. The number of benzene rings is 2. The van der Waals surface area contributed by atoms with Gasteiger partial charge in [0.15, 0.2) is 5.75 Å². The van der Waals surface area contributed by atoms with E-state index >= 15 is 0 Å². The Hall–Kier alpha value is -3.82. The van der Waals surface area contributed by atoms with Crippen LogP contribution in [0.4, 0.5) is 11.4 Å². The van der Waals surface area contributed by atoms with Gasteiger partial charge >= 0.3 is 5.69 Å². The highest BCUT2D eigenvalue weighted by Crippen LogP contribution is 2.46. The van der Waals surface area contributed by atoms with Crippen LogP contribution in [0, 0.1) is 10.1 Å². The van der Waals surface area contributed by atoms with Gasteiger partial charge in [-0.1, -0.05) is 6.07 Å². The number of nitro benzene ring substituents is 1. The lowest BCUT2D eigenvalue weighted by molar-refractivity contribution is -0.386. The van der Waals surface area contributed by atoms with E-state index in [1.165, 1.54) is 33.5 Å². The molecule has 0 saturated carbocycles. The number of anilines is 1. The van der Waals surface area contributed by atoms with Gasteiger partial charge in [-0.05, 0) is 32.0 Å². The first-order chi connectivity index (χ1) is 14.8. The van der Waals surface area contributed by atoms with Crippen LogP contribution >= 0.6 is 0 Å². The van der Waals surface area contributed by atoms with Crippen molar-refractivity contribution in [3.63, 3.8) is 0 Å². The summed E-state index contributed by atoms with van der Waals surface area (Å²) in [5.41, 5.74) is -0.139. The monoisotopic (exact) mass is 431 g/mol. The zero-order valence-corrected chi connectivity index (χ0v) is 18.1. The summed E-state index contributed by atoms with van der Waals surface area (Å²) in [5, 5.41) is 14.3. The molecule has 0 atom stereocenters. The van der Waals surface area contributed by atoms with E-state index in [2.05, 4.69) is 5.32 Å². The van der Waals surface area contributed by atoms with E-state index in [-0.39, 0.29) is 28.7 Å². The van der Waals surface area contributed by atoms with Crippen LogP contribution in [0.3, 0.4) is 0 Å². The third-order valence-electron chi connectivity index (χ3n) is 4.65. The van der Waals surface area contributed by atoms with Gasteiger partial charge < -0.3 is 24.4 Å². The van der Waals surface area contributed by atoms with E-state index in [4.69, 9.17) is 14.2 Å². The van der Waals surface area contributed by atoms with E-state index in [0.717, 1.165) is 0 Å². The van der Waals surface area contributed by atoms with Crippen LogP contribution < -0.4 is 19.5 Å². The van der Waals surface area contributed by atoms with Gasteiger partial charge in [0, 0.05) is 30.4 Å². The fourth-order valence-electron chi connectivity index (χ4n) is 3.12. The van der Waals surface area contributed by atoms with Gasteiger partial charge in [-0.25, -0.2) is 0 Å². The van der Waals surface area contributed by atoms with Crippen LogP contribution in [0.25, 0.3) is 0 Å². The number of hydrogen-bond donors (Lipinski definition) is 1. The van der Waals surface area contributed by atoms with Crippen molar-refractivity contribution < 1.29 is 28.7 Å². The molecule has 1 N–H and O–H groups in total. The number of nitrogens with zero attached hydrogens (tertiary/aromatic N) is 2. The summed E-state index contributed by atoms with van der Waals surface area (Å²) in [4.78, 5) is 38.1. The average Bonchev–Trinajstić information content (AvgIpc) is 2.77. The predicted molar refractivity (Wildman–Crippen MR) is 114 cm³/mol. The van der Waals surface area contributed by atoms with Crippen LogP contribution in [0.15, 0.2) is 30.3 Å². The minimum Gasteiger partial charge on any atom is -0.493 e. The molecule has 0 spiro atoms. The number of carbonyl (C=O) groups excluding carboxylic acids is 2. The molecular formula is C21H25N3O7. The fourth-order valence-corrected chi connectivity index (χ4v) is 3.12. The van der Waals surface area contributed by atoms with Gasteiger partial charge in [0.25, 0.3) is 11.8 Å². The van der Waals surface area contributed by atoms with Crippen molar-refractivity contribution in [3.05, 3.63) is 51.6 Å². The molecule has 0 aromatic heterocycles. The summed E-state index contributed by atoms with van der Waals surface area (Å²) in [5.74, 6) is -1.08. The van der Waals surface area contributed by atoms with Gasteiger partial charge in [0.2, 0.25) is 11.5 Å². The number of rotatable bonds is 9. The number of ether oxygens (including phenoxy) is 3. The second-order valence-electron chi connectivity index (χ2n) is 6.31. The minimum atomic E-state index is -0.765. The molecule has 0 fully saturated rings. The maximum absolute atomic E-state index is 12.9. The maximum Gasteiger partial charge on any atom is 0.327 e. The Labute approximate surface area is 179 Å². The van der Waals surface area contributed by atoms with Crippen LogP contribution in [-0.2, 0) is 0 Å². The van der Waals surface area contributed by atoms with Crippen molar-refractivity contribution >= 4 is 23.2 Å². The Balaban J connectivity index is 2.48. The SMILES string of the molecule is CCN(CC)C(=O)c1cccc(NC(=O)c2cc(OC)c(OC)c(OC)c2[N+](=O)[O-])c1. The first-order valence-corrected chi connectivity index (χ1v) is 9.50. The highest BCUT2D eigenvalue weighted by Gasteiger charge is 2.32. The molecule has 0 radical (unpaired) electrons. The van der Waals surface area contributed by atoms with E-state index in [0.29, 0.717) is 24.3 Å². The molecule has 31 heavy (non-hydrogen) atoms. The Morgan fingerprint density at radius 1 is 1.03 bits per heavy atom. The van der Waals surface area contributed by atoms with Crippen LogP contribution in [0.2, 0.25) is 0 Å². The van der Waals surface area contributed by atoms with Crippen molar-refractivity contribution in [2.45, 2.75) is 13.8 Å². The third-order valence-corrected chi connectivity index (χ3v) is 4.65. The first-order valence-electron chi connectivity index (χ1n) is 9.50. The summed E-state index contributed by atoms with van der Waals surface area (Å²) < 4.78 is 15.5. The van der Waals surface area contributed by atoms with Crippen molar-refractivity contribution in [2.24, 2.45) is 0 Å². The fraction of sp³-hybridized carbons (Fsp3) is 0.333. The van der Waals surface area contributed by atoms with Crippen molar-refractivity contribution in [1.29, 1.82) is 0 Å². The Bertz CT molecular complexity index is 987. The first kappa shape index (κ1) is 23.5. The Kier molecular flexibility index (Phi) is 7.78. The summed E-state index contributed by atoms with van der Waals surface area (Å²) in [7, 11) is 3.88. The number of hydrogen-bond acceptors (Lipinski definition) is 7. The largest absolute Gasteiger partial charge is 0.493 e. The van der Waals surface area contributed by atoms with Crippen molar-refractivity contribution in [2.75, 3.05) is 39.7 Å². The number of methoxy groups -OCH3 is 3. The zero-order chi connectivity index (χ0) is 23.1. The van der Waals surface area contributed by atoms with Gasteiger partial charge in [0.1, 0.15) is 5.56 Å². The number of nitro groups is 1. The Morgan fingerprint density at radius 3 is 2.19 bits per heavy atom. The lowest BCUT2D eigenvalue weighted by Gasteiger charge is -2.19. The molecule has 0 saturated heterocycles. The summed E-state index contributed by atoms with van der Waals surface area (Å²) in [6, 6.07) is 7.57. The van der Waals surface area contributed by atoms with E-state index in [1.807, 2.05) is 13.8 Å². The van der Waals surface area contributed by atoms with Gasteiger partial charge in [-0.2, -0.15) is 0 Å². The summed E-state index contributed by atoms with van der Waals surface area (Å²) in [6.45, 7) is 4.83. The second-order valence-corrected chi connectivity index (χ2v) is 6.31. The number of amides is 2. The van der Waals surface area contributed by atoms with Crippen LogP contribution in [0.5, 0.6) is 17.2 Å². The Morgan fingerprint density at radius 2 is 1.68 bits per heavy atom. The smallest absolute Gasteiger partial charge is 0.327 e. The highest BCUT2D eigenvalue weighted by molar-refractivity contribution is 6.09. The minimum absolute atomic E-state index is 0.0000617. The molecule has 10 nitrogen and oxygen atoms in total. The number of carbonyl (C=O) groups is 2. The van der Waals surface area contributed by atoms with Crippen molar-refractivity contribution in [3.8, 4) is 17.2 Å². The van der Waals surface area contributed by atoms with Crippen LogP contribution in [0.1, 0.15) is 34.6 Å². The second kappa shape index (κ2) is 10.3. The quantitative estimate of drug-likeness (QED) is 0.477. The topological polar surface area (TPSA) is 120 Å². The molecule has 10 heteroatoms. The van der Waals surface area contributed by atoms with Gasteiger partial charge in [-0.15, -0.1) is 0 Å². The molecule has 2 aromatic carbocycles. The summed E-state index contributed by atoms with van der Waals surface area (Å²) in [6.07, 6.45) is 0. The average molecular weight is 431 g/mol. The third kappa shape index (κ3) is 4.85. The van der Waals surface area contributed by atoms with E-state index in [1.54, 1.807) is 23.1 Å². The lowest BCUT2D eigenvalue weighted by Crippen LogP contribution is -2.30. The molecule has 0 bridgehead atoms. The van der Waals surface area contributed by atoms with Crippen LogP contribution in [-0.4, -0.2) is 56.1 Å². The lowest BCUT2D eigenvalue weighted by atomic mass is 10.1. The molecule has 0 unspecified atom stereocenters. The van der Waals surface area contributed by atoms with E-state index < -0.39 is 16.5 Å². The molecule has 166 valence electrons. The molecule has 2 amide bonds. The summed E-state index contributed by atoms with van der Waals surface area (Å²) >= 11 is 0. The van der Waals surface area contributed by atoms with E-state index in [9.17, 15) is 19.7 Å². The van der Waals surface area contributed by atoms with Gasteiger partial charge in [0.05, 0.1) is 26.3 Å². The number of nitrogens with one attached hydrogen (secondary N) is 1. The molecule has 2 rings (SSSR count). The zero-order valence-electron chi connectivity index (χ0n) is 18.1. The normalized spacial score (nSPS) is 10.2.